The van der Waals surface area contributed by atoms with Gasteiger partial charge in [-0.3, -0.25) is 0 Å². The van der Waals surface area contributed by atoms with Gasteiger partial charge in [-0.2, -0.15) is 0 Å². The summed E-state index contributed by atoms with van der Waals surface area (Å²) in [5.74, 6) is 0.686. The van der Waals surface area contributed by atoms with Crippen LogP contribution in [-0.2, 0) is 9.47 Å². The predicted molar refractivity (Wildman–Crippen MR) is 87.7 cm³/mol. The zero-order valence-corrected chi connectivity index (χ0v) is 14.5. The minimum atomic E-state index is -0.0162. The molecule has 2 fully saturated rings. The summed E-state index contributed by atoms with van der Waals surface area (Å²) in [6.45, 7) is 11.7. The summed E-state index contributed by atoms with van der Waals surface area (Å²) in [6, 6.07) is 0.457. The number of ether oxygens (including phenoxy) is 2. The van der Waals surface area contributed by atoms with Gasteiger partial charge in [0, 0.05) is 19.3 Å². The molecule has 2 atom stereocenters. The highest BCUT2D eigenvalue weighted by Crippen LogP contribution is 2.47. The second-order valence-corrected chi connectivity index (χ2v) is 6.88. The van der Waals surface area contributed by atoms with Gasteiger partial charge in [-0.1, -0.05) is 20.8 Å². The zero-order valence-electron chi connectivity index (χ0n) is 14.5. The smallest absolute Gasteiger partial charge is 0.0832 e. The largest absolute Gasteiger partial charge is 0.375 e. The average molecular weight is 297 g/mol. The lowest BCUT2D eigenvalue weighted by molar-refractivity contribution is -0.164. The Morgan fingerprint density at radius 3 is 2.43 bits per heavy atom. The molecule has 124 valence electrons. The lowest BCUT2D eigenvalue weighted by Gasteiger charge is -2.52. The van der Waals surface area contributed by atoms with Gasteiger partial charge in [-0.05, 0) is 64.3 Å². The van der Waals surface area contributed by atoms with Gasteiger partial charge < -0.3 is 14.8 Å². The molecule has 0 bridgehead atoms. The molecule has 0 aromatic heterocycles. The van der Waals surface area contributed by atoms with E-state index in [4.69, 9.17) is 9.47 Å². The van der Waals surface area contributed by atoms with Crippen molar-refractivity contribution >= 4 is 0 Å². The van der Waals surface area contributed by atoms with Gasteiger partial charge in [0.25, 0.3) is 0 Å². The minimum Gasteiger partial charge on any atom is -0.375 e. The molecule has 2 aliphatic rings. The third-order valence-corrected chi connectivity index (χ3v) is 5.89. The van der Waals surface area contributed by atoms with E-state index in [1.54, 1.807) is 0 Å². The third-order valence-electron chi connectivity index (χ3n) is 5.89. The quantitative estimate of drug-likeness (QED) is 0.737. The fourth-order valence-corrected chi connectivity index (χ4v) is 4.54. The molecular weight excluding hydrogens is 262 g/mol. The maximum atomic E-state index is 6.31. The standard InChI is InChI=1S/C18H35NO2/c1-5-18(6-2,20-8-4)16(19-7-3)15-10-13-21-17(14-15)11-9-12-17/h15-16,19H,5-14H2,1-4H3. The Hall–Kier alpha value is -0.120. The SMILES string of the molecule is CCNC(C1CCOC2(CCC2)C1)C(CC)(CC)OCC. The van der Waals surface area contributed by atoms with E-state index in [9.17, 15) is 0 Å². The van der Waals surface area contributed by atoms with Crippen LogP contribution in [0, 0.1) is 5.92 Å². The number of nitrogens with one attached hydrogen (secondary N) is 1. The maximum absolute atomic E-state index is 6.31. The Balaban J connectivity index is 2.15. The van der Waals surface area contributed by atoms with E-state index in [1.165, 1.54) is 32.1 Å². The molecule has 2 unspecified atom stereocenters. The molecule has 0 aromatic carbocycles. The van der Waals surface area contributed by atoms with Crippen LogP contribution in [0.1, 0.15) is 72.6 Å². The predicted octanol–water partition coefficient (Wildman–Crippen LogP) is 3.91. The molecule has 1 N–H and O–H groups in total. The van der Waals surface area contributed by atoms with Crippen LogP contribution in [0.3, 0.4) is 0 Å². The Bertz CT molecular complexity index is 310. The van der Waals surface area contributed by atoms with Gasteiger partial charge in [-0.15, -0.1) is 0 Å². The van der Waals surface area contributed by atoms with E-state index in [2.05, 4.69) is 33.0 Å². The molecule has 2 rings (SSSR count). The molecule has 0 amide bonds. The van der Waals surface area contributed by atoms with Crippen molar-refractivity contribution < 1.29 is 9.47 Å². The van der Waals surface area contributed by atoms with Crippen molar-refractivity contribution in [2.75, 3.05) is 19.8 Å². The van der Waals surface area contributed by atoms with Crippen LogP contribution in [0.15, 0.2) is 0 Å². The third kappa shape index (κ3) is 3.46. The molecule has 1 spiro atoms. The van der Waals surface area contributed by atoms with Crippen LogP contribution in [-0.4, -0.2) is 37.0 Å². The van der Waals surface area contributed by atoms with Gasteiger partial charge in [-0.25, -0.2) is 0 Å². The maximum Gasteiger partial charge on any atom is 0.0832 e. The van der Waals surface area contributed by atoms with Gasteiger partial charge in [0.15, 0.2) is 0 Å². The summed E-state index contributed by atoms with van der Waals surface area (Å²) in [7, 11) is 0. The van der Waals surface area contributed by atoms with Crippen molar-refractivity contribution in [1.82, 2.24) is 5.32 Å². The highest BCUT2D eigenvalue weighted by atomic mass is 16.5. The highest BCUT2D eigenvalue weighted by Gasteiger charge is 2.48. The molecular formula is C18H35NO2. The van der Waals surface area contributed by atoms with Crippen LogP contribution in [0.5, 0.6) is 0 Å². The summed E-state index contributed by atoms with van der Waals surface area (Å²) in [4.78, 5) is 0. The minimum absolute atomic E-state index is 0.0162. The van der Waals surface area contributed by atoms with Gasteiger partial charge in [0.2, 0.25) is 0 Å². The first-order valence-electron chi connectivity index (χ1n) is 9.16. The number of hydrogen-bond donors (Lipinski definition) is 1. The Kier molecular flexibility index (Phi) is 6.10. The Morgan fingerprint density at radius 1 is 1.24 bits per heavy atom. The monoisotopic (exact) mass is 297 g/mol. The topological polar surface area (TPSA) is 30.5 Å². The van der Waals surface area contributed by atoms with E-state index in [-0.39, 0.29) is 11.2 Å². The second kappa shape index (κ2) is 7.43. The van der Waals surface area contributed by atoms with Crippen molar-refractivity contribution in [3.05, 3.63) is 0 Å². The van der Waals surface area contributed by atoms with Gasteiger partial charge >= 0.3 is 0 Å². The lowest BCUT2D eigenvalue weighted by atomic mass is 9.67. The van der Waals surface area contributed by atoms with Crippen LogP contribution < -0.4 is 5.32 Å². The van der Waals surface area contributed by atoms with E-state index in [0.29, 0.717) is 12.0 Å². The first kappa shape index (κ1) is 17.2. The molecule has 3 nitrogen and oxygen atoms in total. The van der Waals surface area contributed by atoms with Gasteiger partial charge in [0.05, 0.1) is 11.2 Å². The van der Waals surface area contributed by atoms with Crippen LogP contribution in [0.4, 0.5) is 0 Å². The summed E-state index contributed by atoms with van der Waals surface area (Å²) >= 11 is 0. The molecule has 1 heterocycles. The van der Waals surface area contributed by atoms with Crippen molar-refractivity contribution in [1.29, 1.82) is 0 Å². The van der Waals surface area contributed by atoms with E-state index >= 15 is 0 Å². The average Bonchev–Trinajstić information content (AvgIpc) is 2.49. The van der Waals surface area contributed by atoms with E-state index in [0.717, 1.165) is 32.6 Å². The number of rotatable bonds is 8. The molecule has 3 heteroatoms. The second-order valence-electron chi connectivity index (χ2n) is 6.88. The normalized spacial score (nSPS) is 26.6. The summed E-state index contributed by atoms with van der Waals surface area (Å²) in [5.41, 5.74) is 0.202. The van der Waals surface area contributed by atoms with Crippen LogP contribution >= 0.6 is 0 Å². The zero-order chi connectivity index (χ0) is 15.3. The summed E-state index contributed by atoms with van der Waals surface area (Å²) < 4.78 is 12.4. The lowest BCUT2D eigenvalue weighted by Crippen LogP contribution is -2.59. The molecule has 1 aliphatic heterocycles. The van der Waals surface area contributed by atoms with Crippen molar-refractivity contribution in [3.63, 3.8) is 0 Å². The van der Waals surface area contributed by atoms with Crippen LogP contribution in [0.2, 0.25) is 0 Å². The first-order valence-corrected chi connectivity index (χ1v) is 9.16. The highest BCUT2D eigenvalue weighted by molar-refractivity contribution is 5.02. The van der Waals surface area contributed by atoms with Crippen LogP contribution in [0.25, 0.3) is 0 Å². The Morgan fingerprint density at radius 2 is 1.95 bits per heavy atom. The summed E-state index contributed by atoms with van der Waals surface area (Å²) in [6.07, 6.45) is 8.44. The van der Waals surface area contributed by atoms with Crippen molar-refractivity contribution in [3.8, 4) is 0 Å². The number of likely N-dealkylation sites (N-methyl/N-ethyl adjacent to an activating group) is 1. The van der Waals surface area contributed by atoms with Gasteiger partial charge in [0.1, 0.15) is 0 Å². The van der Waals surface area contributed by atoms with E-state index < -0.39 is 0 Å². The first-order chi connectivity index (χ1) is 10.2. The molecule has 0 radical (unpaired) electrons. The fraction of sp³-hybridized carbons (Fsp3) is 1.00. The van der Waals surface area contributed by atoms with E-state index in [1.807, 2.05) is 0 Å². The molecule has 0 aromatic rings. The molecule has 21 heavy (non-hydrogen) atoms. The van der Waals surface area contributed by atoms with Crippen molar-refractivity contribution in [2.24, 2.45) is 5.92 Å². The molecule has 1 saturated heterocycles. The number of hydrogen-bond acceptors (Lipinski definition) is 3. The molecule has 1 aliphatic carbocycles. The van der Waals surface area contributed by atoms with Crippen molar-refractivity contribution in [2.45, 2.75) is 89.9 Å². The fourth-order valence-electron chi connectivity index (χ4n) is 4.54. The summed E-state index contributed by atoms with van der Waals surface area (Å²) in [5, 5.41) is 3.79. The Labute approximate surface area is 131 Å². The molecule has 1 saturated carbocycles.